The number of piperazine rings is 1. The van der Waals surface area contributed by atoms with Crippen molar-refractivity contribution in [3.05, 3.63) is 58.0 Å². The van der Waals surface area contributed by atoms with Gasteiger partial charge in [-0.2, -0.15) is 0 Å². The number of amides is 2. The molecule has 0 radical (unpaired) electrons. The fraction of sp³-hybridized carbons (Fsp3) is 0.222. The Bertz CT molecular complexity index is 791. The molecule has 1 aliphatic heterocycles. The molecular weight excluding hydrogens is 406 g/mol. The van der Waals surface area contributed by atoms with Gasteiger partial charge in [0.1, 0.15) is 0 Å². The van der Waals surface area contributed by atoms with Crippen LogP contribution in [0.3, 0.4) is 0 Å². The van der Waals surface area contributed by atoms with Crippen LogP contribution in [0.2, 0.25) is 5.02 Å². The second kappa shape index (κ2) is 7.89. The first kappa shape index (κ1) is 17.8. The van der Waals surface area contributed by atoms with E-state index < -0.39 is 11.8 Å². The third kappa shape index (κ3) is 4.32. The molecule has 3 rings (SSSR count). The van der Waals surface area contributed by atoms with Gasteiger partial charge in [0.2, 0.25) is 0 Å². The number of para-hydroxylation sites is 1. The summed E-state index contributed by atoms with van der Waals surface area (Å²) in [4.78, 5) is 28.3. The lowest BCUT2D eigenvalue weighted by Crippen LogP contribution is -2.51. The van der Waals surface area contributed by atoms with Gasteiger partial charge in [-0.3, -0.25) is 9.59 Å². The molecule has 0 aromatic heterocycles. The minimum Gasteiger partial charge on any atom is -0.368 e. The quantitative estimate of drug-likeness (QED) is 0.755. The molecule has 2 aromatic rings. The number of rotatable bonds is 2. The van der Waals surface area contributed by atoms with E-state index in [-0.39, 0.29) is 0 Å². The van der Waals surface area contributed by atoms with Crippen molar-refractivity contribution in [2.75, 3.05) is 36.4 Å². The number of nitrogens with zero attached hydrogens (tertiary/aromatic N) is 2. The summed E-state index contributed by atoms with van der Waals surface area (Å²) in [5.41, 5.74) is 1.61. The minimum absolute atomic E-state index is 0.495. The summed E-state index contributed by atoms with van der Waals surface area (Å²) < 4.78 is 0.738. The molecule has 1 saturated heterocycles. The molecule has 7 heteroatoms. The Hall–Kier alpha value is -2.05. The van der Waals surface area contributed by atoms with E-state index in [0.717, 1.165) is 10.2 Å². The smallest absolute Gasteiger partial charge is 0.313 e. The molecule has 0 spiro atoms. The molecule has 1 fully saturated rings. The predicted octanol–water partition coefficient (Wildman–Crippen LogP) is 3.39. The van der Waals surface area contributed by atoms with E-state index >= 15 is 0 Å². The zero-order valence-corrected chi connectivity index (χ0v) is 15.8. The van der Waals surface area contributed by atoms with Gasteiger partial charge in [-0.25, -0.2) is 0 Å². The second-order valence-electron chi connectivity index (χ2n) is 5.69. The second-order valence-corrected chi connectivity index (χ2v) is 6.98. The number of benzene rings is 2. The van der Waals surface area contributed by atoms with Crippen molar-refractivity contribution in [3.8, 4) is 0 Å². The van der Waals surface area contributed by atoms with E-state index in [9.17, 15) is 9.59 Å². The van der Waals surface area contributed by atoms with Crippen molar-refractivity contribution in [1.82, 2.24) is 4.90 Å². The molecule has 0 unspecified atom stereocenters. The zero-order chi connectivity index (χ0) is 17.8. The van der Waals surface area contributed by atoms with Crippen molar-refractivity contribution < 1.29 is 9.59 Å². The topological polar surface area (TPSA) is 52.7 Å². The van der Waals surface area contributed by atoms with Crippen LogP contribution in [0.5, 0.6) is 0 Å². The summed E-state index contributed by atoms with van der Waals surface area (Å²) in [7, 11) is 0. The summed E-state index contributed by atoms with van der Waals surface area (Å²) in [6.07, 6.45) is 0. The highest BCUT2D eigenvalue weighted by Crippen LogP contribution is 2.22. The number of carbonyl (C=O) groups is 2. The maximum Gasteiger partial charge on any atom is 0.313 e. The van der Waals surface area contributed by atoms with E-state index in [0.29, 0.717) is 36.9 Å². The predicted molar refractivity (Wildman–Crippen MR) is 103 cm³/mol. The first-order valence-electron chi connectivity index (χ1n) is 7.90. The van der Waals surface area contributed by atoms with Gasteiger partial charge >= 0.3 is 11.8 Å². The summed E-state index contributed by atoms with van der Waals surface area (Å²) in [5.74, 6) is -1.13. The number of halogens is 2. The molecule has 25 heavy (non-hydrogen) atoms. The maximum atomic E-state index is 12.4. The van der Waals surface area contributed by atoms with Crippen LogP contribution >= 0.6 is 27.5 Å². The lowest BCUT2D eigenvalue weighted by molar-refractivity contribution is -0.143. The normalized spacial score (nSPS) is 14.3. The van der Waals surface area contributed by atoms with Gasteiger partial charge in [0.05, 0.1) is 5.69 Å². The molecule has 5 nitrogen and oxygen atoms in total. The van der Waals surface area contributed by atoms with E-state index in [1.54, 1.807) is 17.0 Å². The zero-order valence-electron chi connectivity index (χ0n) is 13.4. The third-order valence-electron chi connectivity index (χ3n) is 4.06. The molecule has 2 aromatic carbocycles. The van der Waals surface area contributed by atoms with Crippen LogP contribution in [0.25, 0.3) is 0 Å². The number of hydrogen-bond donors (Lipinski definition) is 1. The third-order valence-corrected chi connectivity index (χ3v) is 4.98. The van der Waals surface area contributed by atoms with Gasteiger partial charge < -0.3 is 15.1 Å². The van der Waals surface area contributed by atoms with Crippen molar-refractivity contribution in [1.29, 1.82) is 0 Å². The fourth-order valence-corrected chi connectivity index (χ4v) is 3.29. The van der Waals surface area contributed by atoms with Crippen LogP contribution in [0, 0.1) is 0 Å². The maximum absolute atomic E-state index is 12.4. The highest BCUT2D eigenvalue weighted by atomic mass is 79.9. The summed E-state index contributed by atoms with van der Waals surface area (Å²) >= 11 is 9.38. The standard InChI is InChI=1S/C18H17BrClN3O2/c19-15-6-1-2-7-16(15)21-17(24)18(25)23-10-8-22(9-11-23)14-5-3-4-13(20)12-14/h1-7,12H,8-11H2,(H,21,24). The molecule has 1 N–H and O–H groups in total. The van der Waals surface area contributed by atoms with Crippen LogP contribution in [0.15, 0.2) is 53.0 Å². The van der Waals surface area contributed by atoms with Gasteiger partial charge in [0, 0.05) is 41.4 Å². The first-order valence-corrected chi connectivity index (χ1v) is 9.07. The summed E-state index contributed by atoms with van der Waals surface area (Å²) in [6.45, 7) is 2.31. The Morgan fingerprint density at radius 1 is 1.00 bits per heavy atom. The molecule has 2 amide bonds. The summed E-state index contributed by atoms with van der Waals surface area (Å²) in [5, 5.41) is 3.33. The van der Waals surface area contributed by atoms with Gasteiger partial charge in [0.15, 0.2) is 0 Å². The van der Waals surface area contributed by atoms with E-state index in [4.69, 9.17) is 11.6 Å². The highest BCUT2D eigenvalue weighted by molar-refractivity contribution is 9.10. The molecule has 0 aliphatic carbocycles. The van der Waals surface area contributed by atoms with Crippen LogP contribution in [0.4, 0.5) is 11.4 Å². The van der Waals surface area contributed by atoms with Gasteiger partial charge in [-0.05, 0) is 46.3 Å². The molecular formula is C18H17BrClN3O2. The van der Waals surface area contributed by atoms with Crippen LogP contribution in [-0.4, -0.2) is 42.9 Å². The van der Waals surface area contributed by atoms with Crippen molar-refractivity contribution >= 4 is 50.7 Å². The summed E-state index contributed by atoms with van der Waals surface area (Å²) in [6, 6.07) is 14.8. The number of carbonyl (C=O) groups excluding carboxylic acids is 2. The van der Waals surface area contributed by atoms with Gasteiger partial charge in [-0.15, -0.1) is 0 Å². The first-order chi connectivity index (χ1) is 12.0. The van der Waals surface area contributed by atoms with Gasteiger partial charge in [0.25, 0.3) is 0 Å². The highest BCUT2D eigenvalue weighted by Gasteiger charge is 2.26. The number of anilines is 2. The van der Waals surface area contributed by atoms with Crippen molar-refractivity contribution in [2.45, 2.75) is 0 Å². The van der Waals surface area contributed by atoms with E-state index in [1.807, 2.05) is 36.4 Å². The van der Waals surface area contributed by atoms with Crippen LogP contribution in [0.1, 0.15) is 0 Å². The lowest BCUT2D eigenvalue weighted by atomic mass is 10.2. The Kier molecular flexibility index (Phi) is 5.60. The Labute approximate surface area is 159 Å². The SMILES string of the molecule is O=C(Nc1ccccc1Br)C(=O)N1CCN(c2cccc(Cl)c2)CC1. The Balaban J connectivity index is 1.58. The van der Waals surface area contributed by atoms with Crippen molar-refractivity contribution in [3.63, 3.8) is 0 Å². The molecule has 130 valence electrons. The largest absolute Gasteiger partial charge is 0.368 e. The van der Waals surface area contributed by atoms with E-state index in [1.165, 1.54) is 0 Å². The fourth-order valence-electron chi connectivity index (χ4n) is 2.72. The van der Waals surface area contributed by atoms with E-state index in [2.05, 4.69) is 26.1 Å². The molecule has 0 bridgehead atoms. The minimum atomic E-state index is -0.622. The monoisotopic (exact) mass is 421 g/mol. The molecule has 0 saturated carbocycles. The molecule has 1 aliphatic rings. The van der Waals surface area contributed by atoms with Crippen LogP contribution < -0.4 is 10.2 Å². The molecule has 0 atom stereocenters. The van der Waals surface area contributed by atoms with Gasteiger partial charge in [-0.1, -0.05) is 29.8 Å². The van der Waals surface area contributed by atoms with Crippen molar-refractivity contribution in [2.24, 2.45) is 0 Å². The number of nitrogens with one attached hydrogen (secondary N) is 1. The Morgan fingerprint density at radius 2 is 1.72 bits per heavy atom. The number of hydrogen-bond acceptors (Lipinski definition) is 3. The average Bonchev–Trinajstić information content (AvgIpc) is 2.63. The van der Waals surface area contributed by atoms with Crippen LogP contribution in [-0.2, 0) is 9.59 Å². The Morgan fingerprint density at radius 3 is 2.40 bits per heavy atom. The average molecular weight is 423 g/mol. The molecule has 1 heterocycles. The lowest BCUT2D eigenvalue weighted by Gasteiger charge is -2.35.